The topological polar surface area (TPSA) is 33.0 Å². The van der Waals surface area contributed by atoms with Crippen molar-refractivity contribution in [3.05, 3.63) is 0 Å². The molecule has 11 heavy (non-hydrogen) atoms. The van der Waals surface area contributed by atoms with Crippen LogP contribution in [-0.2, 0) is 4.74 Å². The van der Waals surface area contributed by atoms with E-state index in [1.54, 1.807) is 0 Å². The second-order valence-corrected chi connectivity index (χ2v) is 2.23. The molecule has 2 nitrogen and oxygen atoms in total. The van der Waals surface area contributed by atoms with Crippen molar-refractivity contribution in [1.82, 2.24) is 0 Å². The Morgan fingerprint density at radius 3 is 2.27 bits per heavy atom. The fourth-order valence-electron chi connectivity index (χ4n) is 0.311. The first-order valence-electron chi connectivity index (χ1n) is 3.88. The predicted octanol–water partition coefficient (Wildman–Crippen LogP) is 2.26. The number of hydrogen-bond acceptors (Lipinski definition) is 3. The van der Waals surface area contributed by atoms with Crippen molar-refractivity contribution in [2.45, 2.75) is 26.7 Å². The lowest BCUT2D eigenvalue weighted by molar-refractivity contribution is 0.149. The van der Waals surface area contributed by atoms with Crippen LogP contribution in [-0.4, -0.2) is 19.0 Å². The van der Waals surface area contributed by atoms with Crippen molar-refractivity contribution in [3.63, 3.8) is 0 Å². The summed E-state index contributed by atoms with van der Waals surface area (Å²) in [4.78, 5) is 0. The summed E-state index contributed by atoms with van der Waals surface area (Å²) >= 11 is 4.01. The quantitative estimate of drug-likeness (QED) is 0.525. The maximum absolute atomic E-state index is 7.62. The summed E-state index contributed by atoms with van der Waals surface area (Å²) in [5, 5.41) is 7.62. The zero-order chi connectivity index (χ0) is 8.95. The van der Waals surface area contributed by atoms with Gasteiger partial charge in [-0.2, -0.15) is 17.9 Å². The maximum Gasteiger partial charge on any atom is 0.0618 e. The fourth-order valence-corrected chi connectivity index (χ4v) is 0.440. The van der Waals surface area contributed by atoms with Crippen LogP contribution in [0.1, 0.15) is 26.7 Å². The van der Waals surface area contributed by atoms with Crippen molar-refractivity contribution in [2.24, 2.45) is 0 Å². The van der Waals surface area contributed by atoms with Crippen LogP contribution >= 0.6 is 12.6 Å². The van der Waals surface area contributed by atoms with Crippen LogP contribution in [0.4, 0.5) is 0 Å². The monoisotopic (exact) mass is 175 g/mol. The van der Waals surface area contributed by atoms with Gasteiger partial charge in [0.2, 0.25) is 0 Å². The molecule has 0 bridgehead atoms. The minimum absolute atomic E-state index is 0.625. The van der Waals surface area contributed by atoms with E-state index in [0.29, 0.717) is 6.42 Å². The normalized spacial score (nSPS) is 7.82. The lowest BCUT2D eigenvalue weighted by atomic mass is 10.5. The van der Waals surface area contributed by atoms with Gasteiger partial charge in [-0.05, 0) is 19.1 Å². The van der Waals surface area contributed by atoms with Crippen LogP contribution in [0.2, 0.25) is 0 Å². The number of nitrogens with zero attached hydrogens (tertiary/aromatic N) is 1. The van der Waals surface area contributed by atoms with Gasteiger partial charge < -0.3 is 4.74 Å². The first-order chi connectivity index (χ1) is 5.33. The van der Waals surface area contributed by atoms with E-state index in [9.17, 15) is 0 Å². The van der Waals surface area contributed by atoms with Crippen molar-refractivity contribution in [3.8, 4) is 6.07 Å². The zero-order valence-electron chi connectivity index (χ0n) is 7.34. The number of rotatable bonds is 4. The fraction of sp³-hybridized carbons (Fsp3) is 0.875. The average molecular weight is 175 g/mol. The molecule has 0 fully saturated rings. The van der Waals surface area contributed by atoms with E-state index in [1.807, 2.05) is 19.9 Å². The van der Waals surface area contributed by atoms with E-state index >= 15 is 0 Å². The summed E-state index contributed by atoms with van der Waals surface area (Å²) < 4.78 is 5.03. The summed E-state index contributed by atoms with van der Waals surface area (Å²) in [6.07, 6.45) is 1.69. The maximum atomic E-state index is 7.62. The third kappa shape index (κ3) is 25.9. The largest absolute Gasteiger partial charge is 0.382 e. The summed E-state index contributed by atoms with van der Waals surface area (Å²) in [6.45, 7) is 5.51. The molecule has 0 unspecified atom stereocenters. The van der Waals surface area contributed by atoms with Crippen LogP contribution in [0.15, 0.2) is 0 Å². The van der Waals surface area contributed by atoms with Gasteiger partial charge in [0.1, 0.15) is 0 Å². The lowest BCUT2D eigenvalue weighted by Crippen LogP contribution is -1.92. The van der Waals surface area contributed by atoms with Gasteiger partial charge in [-0.1, -0.05) is 6.92 Å². The molecule has 0 aliphatic heterocycles. The Labute approximate surface area is 75.0 Å². The molecule has 0 saturated heterocycles. The van der Waals surface area contributed by atoms with Gasteiger partial charge in [0, 0.05) is 19.6 Å². The third-order valence-electron chi connectivity index (χ3n) is 0.809. The van der Waals surface area contributed by atoms with Gasteiger partial charge in [0.25, 0.3) is 0 Å². The molecule has 0 saturated carbocycles. The minimum atomic E-state index is 0.625. The molecule has 0 N–H and O–H groups in total. The Balaban J connectivity index is 0. The number of nitriles is 1. The number of hydrogen-bond donors (Lipinski definition) is 1. The number of thiol groups is 1. The molecule has 0 aliphatic rings. The van der Waals surface area contributed by atoms with Gasteiger partial charge in [-0.25, -0.2) is 0 Å². The first-order valence-corrected chi connectivity index (χ1v) is 4.52. The van der Waals surface area contributed by atoms with Crippen LogP contribution in [0.25, 0.3) is 0 Å². The van der Waals surface area contributed by atoms with Gasteiger partial charge in [-0.15, -0.1) is 0 Å². The second kappa shape index (κ2) is 16.4. The molecule has 66 valence electrons. The highest BCUT2D eigenvalue weighted by atomic mass is 32.1. The molecule has 0 aromatic heterocycles. The van der Waals surface area contributed by atoms with Gasteiger partial charge in [0.15, 0.2) is 0 Å². The molecule has 3 heteroatoms. The van der Waals surface area contributed by atoms with Gasteiger partial charge in [0.05, 0.1) is 6.07 Å². The highest BCUT2D eigenvalue weighted by molar-refractivity contribution is 7.80. The predicted molar refractivity (Wildman–Crippen MR) is 50.9 cm³/mol. The van der Waals surface area contributed by atoms with Crippen molar-refractivity contribution < 1.29 is 4.74 Å². The molecule has 0 aliphatic carbocycles. The molecule has 0 radical (unpaired) electrons. The van der Waals surface area contributed by atoms with Gasteiger partial charge in [-0.3, -0.25) is 0 Å². The highest BCUT2D eigenvalue weighted by Crippen LogP contribution is 1.83. The standard InChI is InChI=1S/C5H12OS.C3H5N/c1-2-6-4-3-5-7;1-2-3-4/h7H,2-5H2,1H3;2H2,1H3. The van der Waals surface area contributed by atoms with Crippen LogP contribution in [0.5, 0.6) is 0 Å². The molecule has 0 heterocycles. The Morgan fingerprint density at radius 1 is 1.45 bits per heavy atom. The van der Waals surface area contributed by atoms with Crippen LogP contribution in [0, 0.1) is 11.3 Å². The second-order valence-electron chi connectivity index (χ2n) is 1.79. The molecule has 0 atom stereocenters. The first kappa shape index (κ1) is 13.4. The minimum Gasteiger partial charge on any atom is -0.382 e. The Kier molecular flexibility index (Phi) is 20.0. The van der Waals surface area contributed by atoms with E-state index in [4.69, 9.17) is 10.00 Å². The number of ether oxygens (including phenoxy) is 1. The Morgan fingerprint density at radius 2 is 2.00 bits per heavy atom. The zero-order valence-corrected chi connectivity index (χ0v) is 8.23. The summed E-state index contributed by atoms with van der Waals surface area (Å²) in [7, 11) is 0. The summed E-state index contributed by atoms with van der Waals surface area (Å²) in [5.41, 5.74) is 0. The van der Waals surface area contributed by atoms with E-state index < -0.39 is 0 Å². The van der Waals surface area contributed by atoms with Crippen molar-refractivity contribution in [1.29, 1.82) is 5.26 Å². The molecule has 0 amide bonds. The molecular weight excluding hydrogens is 158 g/mol. The van der Waals surface area contributed by atoms with E-state index in [-0.39, 0.29) is 0 Å². The van der Waals surface area contributed by atoms with E-state index in [1.165, 1.54) is 0 Å². The molecule has 0 spiro atoms. The van der Waals surface area contributed by atoms with Crippen molar-refractivity contribution >= 4 is 12.6 Å². The molecule has 0 rings (SSSR count). The van der Waals surface area contributed by atoms with Gasteiger partial charge >= 0.3 is 0 Å². The van der Waals surface area contributed by atoms with E-state index in [0.717, 1.165) is 25.4 Å². The third-order valence-corrected chi connectivity index (χ3v) is 1.13. The molecule has 0 aromatic carbocycles. The summed E-state index contributed by atoms with van der Waals surface area (Å²) in [5.74, 6) is 0.931. The summed E-state index contributed by atoms with van der Waals surface area (Å²) in [6, 6.07) is 1.93. The lowest BCUT2D eigenvalue weighted by Gasteiger charge is -1.94. The Bertz CT molecular complexity index is 86.6. The smallest absolute Gasteiger partial charge is 0.0618 e. The van der Waals surface area contributed by atoms with E-state index in [2.05, 4.69) is 12.6 Å². The average Bonchev–Trinajstić information content (AvgIpc) is 2.06. The molecule has 0 aromatic rings. The van der Waals surface area contributed by atoms with Crippen LogP contribution in [0.3, 0.4) is 0 Å². The SMILES string of the molecule is CCC#N.CCOCCCS. The Hall–Kier alpha value is -0.200. The molecular formula is C8H17NOS. The highest BCUT2D eigenvalue weighted by Gasteiger charge is 1.79. The van der Waals surface area contributed by atoms with Crippen molar-refractivity contribution in [2.75, 3.05) is 19.0 Å². The van der Waals surface area contributed by atoms with Crippen LogP contribution < -0.4 is 0 Å².